The summed E-state index contributed by atoms with van der Waals surface area (Å²) in [6, 6.07) is 4.64. The predicted octanol–water partition coefficient (Wildman–Crippen LogP) is 1.69. The van der Waals surface area contributed by atoms with Crippen LogP contribution in [0.5, 0.6) is 0 Å². The number of nitrogens with zero attached hydrogens (tertiary/aromatic N) is 4. The fourth-order valence-corrected chi connectivity index (χ4v) is 3.39. The number of ether oxygens (including phenoxy) is 1. The van der Waals surface area contributed by atoms with Crippen LogP contribution in [0.25, 0.3) is 5.65 Å². The predicted molar refractivity (Wildman–Crippen MR) is 85.4 cm³/mol. The average molecular weight is 301 g/mol. The average Bonchev–Trinajstić information content (AvgIpc) is 2.99. The SMILES string of the molecule is Cc1cc(N2CCOCC2)n2nc(C3CCCCN3)cc2n1. The Bertz CT molecular complexity index is 656. The number of aryl methyl sites for hydroxylation is 1. The maximum absolute atomic E-state index is 5.47. The van der Waals surface area contributed by atoms with Gasteiger partial charge in [-0.15, -0.1) is 0 Å². The van der Waals surface area contributed by atoms with Gasteiger partial charge in [0.25, 0.3) is 0 Å². The number of nitrogens with one attached hydrogen (secondary N) is 1. The van der Waals surface area contributed by atoms with Gasteiger partial charge in [-0.25, -0.2) is 4.98 Å². The van der Waals surface area contributed by atoms with Gasteiger partial charge >= 0.3 is 0 Å². The molecule has 22 heavy (non-hydrogen) atoms. The van der Waals surface area contributed by atoms with Crippen LogP contribution in [0.3, 0.4) is 0 Å². The molecule has 6 nitrogen and oxygen atoms in total. The van der Waals surface area contributed by atoms with E-state index in [0.717, 1.165) is 62.1 Å². The monoisotopic (exact) mass is 301 g/mol. The lowest BCUT2D eigenvalue weighted by atomic mass is 10.0. The van der Waals surface area contributed by atoms with Crippen LogP contribution in [0.2, 0.25) is 0 Å². The van der Waals surface area contributed by atoms with Gasteiger partial charge in [-0.05, 0) is 26.3 Å². The van der Waals surface area contributed by atoms with Crippen molar-refractivity contribution in [2.45, 2.75) is 32.2 Å². The van der Waals surface area contributed by atoms with Gasteiger partial charge in [0.15, 0.2) is 5.65 Å². The first kappa shape index (κ1) is 14.0. The highest BCUT2D eigenvalue weighted by molar-refractivity contribution is 5.52. The molecule has 2 aliphatic heterocycles. The van der Waals surface area contributed by atoms with E-state index in [-0.39, 0.29) is 0 Å². The van der Waals surface area contributed by atoms with E-state index in [2.05, 4.69) is 34.3 Å². The summed E-state index contributed by atoms with van der Waals surface area (Å²) < 4.78 is 7.47. The van der Waals surface area contributed by atoms with Crippen molar-refractivity contribution in [2.75, 3.05) is 37.7 Å². The molecule has 2 aliphatic rings. The molecule has 2 fully saturated rings. The molecule has 2 saturated heterocycles. The molecular formula is C16H23N5O. The van der Waals surface area contributed by atoms with Gasteiger partial charge in [0.05, 0.1) is 24.9 Å². The van der Waals surface area contributed by atoms with Crippen molar-refractivity contribution in [1.29, 1.82) is 0 Å². The Morgan fingerprint density at radius 1 is 1.23 bits per heavy atom. The number of morpholine rings is 1. The van der Waals surface area contributed by atoms with Gasteiger partial charge in [0, 0.05) is 30.9 Å². The smallest absolute Gasteiger partial charge is 0.157 e. The molecule has 0 bridgehead atoms. The van der Waals surface area contributed by atoms with Crippen molar-refractivity contribution in [3.05, 3.63) is 23.5 Å². The molecule has 1 unspecified atom stereocenters. The maximum atomic E-state index is 5.47. The Labute approximate surface area is 130 Å². The van der Waals surface area contributed by atoms with Crippen LogP contribution in [-0.4, -0.2) is 47.4 Å². The van der Waals surface area contributed by atoms with Crippen molar-refractivity contribution in [2.24, 2.45) is 0 Å². The van der Waals surface area contributed by atoms with E-state index in [4.69, 9.17) is 9.84 Å². The first-order chi connectivity index (χ1) is 10.8. The van der Waals surface area contributed by atoms with Crippen molar-refractivity contribution in [3.8, 4) is 0 Å². The van der Waals surface area contributed by atoms with Gasteiger partial charge in [-0.1, -0.05) is 6.42 Å². The lowest BCUT2D eigenvalue weighted by Gasteiger charge is -2.29. The number of rotatable bonds is 2. The molecule has 0 aromatic carbocycles. The maximum Gasteiger partial charge on any atom is 0.157 e. The van der Waals surface area contributed by atoms with Gasteiger partial charge in [0.2, 0.25) is 0 Å². The van der Waals surface area contributed by atoms with Crippen LogP contribution in [0, 0.1) is 6.92 Å². The Hall–Kier alpha value is -1.66. The fourth-order valence-electron chi connectivity index (χ4n) is 3.39. The molecule has 2 aromatic rings. The van der Waals surface area contributed by atoms with Crippen LogP contribution in [0.15, 0.2) is 12.1 Å². The molecule has 2 aromatic heterocycles. The number of hydrogen-bond donors (Lipinski definition) is 1. The van der Waals surface area contributed by atoms with Crippen molar-refractivity contribution >= 4 is 11.5 Å². The number of anilines is 1. The second-order valence-corrected chi connectivity index (χ2v) is 6.20. The minimum atomic E-state index is 0.369. The second kappa shape index (κ2) is 5.85. The largest absolute Gasteiger partial charge is 0.378 e. The molecule has 4 heterocycles. The third-order valence-corrected chi connectivity index (χ3v) is 4.56. The zero-order chi connectivity index (χ0) is 14.9. The van der Waals surface area contributed by atoms with E-state index in [1.54, 1.807) is 0 Å². The fraction of sp³-hybridized carbons (Fsp3) is 0.625. The summed E-state index contributed by atoms with van der Waals surface area (Å²) in [4.78, 5) is 7.00. The topological polar surface area (TPSA) is 54.7 Å². The third-order valence-electron chi connectivity index (χ3n) is 4.56. The molecule has 6 heteroatoms. The van der Waals surface area contributed by atoms with E-state index < -0.39 is 0 Å². The highest BCUT2D eigenvalue weighted by atomic mass is 16.5. The molecule has 0 saturated carbocycles. The number of piperidine rings is 1. The van der Waals surface area contributed by atoms with E-state index in [1.807, 2.05) is 4.52 Å². The van der Waals surface area contributed by atoms with Crippen molar-refractivity contribution in [3.63, 3.8) is 0 Å². The Kier molecular flexibility index (Phi) is 3.72. The first-order valence-corrected chi connectivity index (χ1v) is 8.25. The molecule has 4 rings (SSSR count). The van der Waals surface area contributed by atoms with E-state index in [9.17, 15) is 0 Å². The van der Waals surface area contributed by atoms with Crippen molar-refractivity contribution < 1.29 is 4.74 Å². The Balaban J connectivity index is 1.73. The lowest BCUT2D eigenvalue weighted by molar-refractivity contribution is 0.122. The molecule has 0 amide bonds. The molecule has 118 valence electrons. The normalized spacial score (nSPS) is 23.1. The number of hydrogen-bond acceptors (Lipinski definition) is 5. The van der Waals surface area contributed by atoms with Gasteiger partial charge in [-0.2, -0.15) is 9.61 Å². The number of aromatic nitrogens is 3. The van der Waals surface area contributed by atoms with Gasteiger partial charge < -0.3 is 15.0 Å². The van der Waals surface area contributed by atoms with Gasteiger partial charge in [-0.3, -0.25) is 0 Å². The summed E-state index contributed by atoms with van der Waals surface area (Å²) in [5.74, 6) is 1.13. The number of fused-ring (bicyclic) bond motifs is 1. The zero-order valence-corrected chi connectivity index (χ0v) is 13.1. The van der Waals surface area contributed by atoms with E-state index in [1.165, 1.54) is 12.8 Å². The van der Waals surface area contributed by atoms with Crippen molar-refractivity contribution in [1.82, 2.24) is 19.9 Å². The highest BCUT2D eigenvalue weighted by Crippen LogP contribution is 2.25. The third kappa shape index (κ3) is 2.57. The first-order valence-electron chi connectivity index (χ1n) is 8.25. The standard InChI is InChI=1S/C16H23N5O/c1-12-10-16(20-6-8-22-9-7-20)21-15(18-12)11-14(19-21)13-4-2-3-5-17-13/h10-11,13,17H,2-9H2,1H3. The molecule has 0 spiro atoms. The molecule has 0 radical (unpaired) electrons. The molecule has 1 atom stereocenters. The van der Waals surface area contributed by atoms with E-state index in [0.29, 0.717) is 6.04 Å². The summed E-state index contributed by atoms with van der Waals surface area (Å²) in [7, 11) is 0. The Morgan fingerprint density at radius 3 is 2.86 bits per heavy atom. The van der Waals surface area contributed by atoms with Crippen LogP contribution in [0.1, 0.15) is 36.7 Å². The van der Waals surface area contributed by atoms with Crippen LogP contribution in [-0.2, 0) is 4.74 Å². The summed E-state index contributed by atoms with van der Waals surface area (Å²) in [5.41, 5.74) is 3.10. The van der Waals surface area contributed by atoms with Gasteiger partial charge in [0.1, 0.15) is 5.82 Å². The highest BCUT2D eigenvalue weighted by Gasteiger charge is 2.21. The minimum Gasteiger partial charge on any atom is -0.378 e. The minimum absolute atomic E-state index is 0.369. The quantitative estimate of drug-likeness (QED) is 0.915. The van der Waals surface area contributed by atoms with E-state index >= 15 is 0 Å². The summed E-state index contributed by atoms with van der Waals surface area (Å²) in [6.45, 7) is 6.52. The molecule has 0 aliphatic carbocycles. The zero-order valence-electron chi connectivity index (χ0n) is 13.1. The molecule has 1 N–H and O–H groups in total. The summed E-state index contributed by atoms with van der Waals surface area (Å²) in [5, 5.41) is 8.43. The van der Waals surface area contributed by atoms with Crippen LogP contribution >= 0.6 is 0 Å². The second-order valence-electron chi connectivity index (χ2n) is 6.20. The van der Waals surface area contributed by atoms with Crippen LogP contribution < -0.4 is 10.2 Å². The summed E-state index contributed by atoms with van der Waals surface area (Å²) in [6.07, 6.45) is 3.70. The Morgan fingerprint density at radius 2 is 2.09 bits per heavy atom. The van der Waals surface area contributed by atoms with Crippen LogP contribution in [0.4, 0.5) is 5.82 Å². The molecular weight excluding hydrogens is 278 g/mol. The lowest BCUT2D eigenvalue weighted by Crippen LogP contribution is -2.37. The summed E-state index contributed by atoms with van der Waals surface area (Å²) >= 11 is 0.